The minimum absolute atomic E-state index is 0.0231. The number of likely N-dealkylation sites (tertiary alicyclic amines) is 1. The Balaban J connectivity index is 1.56. The van der Waals surface area contributed by atoms with Crippen LogP contribution in [0.2, 0.25) is 0 Å². The molecule has 0 spiro atoms. The van der Waals surface area contributed by atoms with Crippen LogP contribution in [0, 0.1) is 5.92 Å². The second-order valence-electron chi connectivity index (χ2n) is 8.03. The first-order valence-electron chi connectivity index (χ1n) is 10.3. The Hall–Kier alpha value is -1.73. The molecular formula is C22H27N3O2S2. The average Bonchev–Trinajstić information content (AvgIpc) is 3.10. The van der Waals surface area contributed by atoms with Crippen molar-refractivity contribution in [2.45, 2.75) is 55.0 Å². The first kappa shape index (κ1) is 20.5. The molecule has 3 heterocycles. The van der Waals surface area contributed by atoms with Crippen LogP contribution in [0.3, 0.4) is 0 Å². The Morgan fingerprint density at radius 3 is 2.66 bits per heavy atom. The van der Waals surface area contributed by atoms with Gasteiger partial charge in [-0.05, 0) is 24.3 Å². The van der Waals surface area contributed by atoms with Crippen molar-refractivity contribution in [1.29, 1.82) is 0 Å². The third-order valence-electron chi connectivity index (χ3n) is 5.61. The summed E-state index contributed by atoms with van der Waals surface area (Å²) in [5.41, 5.74) is 1.97. The molecular weight excluding hydrogens is 402 g/mol. The Bertz CT molecular complexity index is 937. The topological polar surface area (TPSA) is 55.2 Å². The van der Waals surface area contributed by atoms with E-state index in [9.17, 15) is 9.59 Å². The van der Waals surface area contributed by atoms with Crippen LogP contribution in [0.1, 0.15) is 37.9 Å². The van der Waals surface area contributed by atoms with E-state index in [1.54, 1.807) is 16.3 Å². The number of piperidine rings is 1. The fraction of sp³-hybridized carbons (Fsp3) is 0.500. The molecule has 2 aromatic rings. The molecule has 1 fully saturated rings. The van der Waals surface area contributed by atoms with E-state index in [1.165, 1.54) is 11.8 Å². The molecule has 7 heteroatoms. The number of nitrogens with zero attached hydrogens (tertiary/aromatic N) is 3. The number of thioether (sulfide) groups is 2. The first-order chi connectivity index (χ1) is 14.0. The summed E-state index contributed by atoms with van der Waals surface area (Å²) in [7, 11) is 0. The van der Waals surface area contributed by atoms with E-state index >= 15 is 0 Å². The van der Waals surface area contributed by atoms with Crippen molar-refractivity contribution >= 4 is 29.4 Å². The fourth-order valence-electron chi connectivity index (χ4n) is 3.82. The lowest BCUT2D eigenvalue weighted by Gasteiger charge is -2.30. The van der Waals surface area contributed by atoms with E-state index in [0.717, 1.165) is 48.5 Å². The normalized spacial score (nSPS) is 19.4. The van der Waals surface area contributed by atoms with Gasteiger partial charge in [0.25, 0.3) is 5.56 Å². The van der Waals surface area contributed by atoms with Crippen molar-refractivity contribution in [3.8, 4) is 0 Å². The molecule has 0 unspecified atom stereocenters. The Morgan fingerprint density at radius 1 is 1.21 bits per heavy atom. The van der Waals surface area contributed by atoms with Crippen LogP contribution >= 0.6 is 23.5 Å². The molecule has 0 saturated carbocycles. The quantitative estimate of drug-likeness (QED) is 0.536. The van der Waals surface area contributed by atoms with Crippen LogP contribution in [-0.4, -0.2) is 44.5 Å². The van der Waals surface area contributed by atoms with Gasteiger partial charge in [0.2, 0.25) is 5.91 Å². The summed E-state index contributed by atoms with van der Waals surface area (Å²) >= 11 is 3.02. The van der Waals surface area contributed by atoms with E-state index in [1.807, 2.05) is 35.2 Å². The standard InChI is InChI=1S/C22H27N3O2S2/c1-15-8-10-24(11-9-15)19(26)14-28-22-23-18-12-16(2)29-20(18)21(27)25(22)13-17-6-4-3-5-7-17/h3-7,15-16H,8-14H2,1-2H3/t16-/m0/s1. The molecule has 1 amide bonds. The molecule has 154 valence electrons. The van der Waals surface area contributed by atoms with E-state index in [-0.39, 0.29) is 11.5 Å². The highest BCUT2D eigenvalue weighted by molar-refractivity contribution is 8.00. The highest BCUT2D eigenvalue weighted by Crippen LogP contribution is 2.34. The van der Waals surface area contributed by atoms with E-state index < -0.39 is 0 Å². The summed E-state index contributed by atoms with van der Waals surface area (Å²) in [5.74, 6) is 1.17. The zero-order valence-corrected chi connectivity index (χ0v) is 18.6. The van der Waals surface area contributed by atoms with Crippen LogP contribution in [0.25, 0.3) is 0 Å². The van der Waals surface area contributed by atoms with Gasteiger partial charge in [0.05, 0.1) is 22.9 Å². The van der Waals surface area contributed by atoms with Crippen molar-refractivity contribution in [2.24, 2.45) is 5.92 Å². The third kappa shape index (κ3) is 4.72. The van der Waals surface area contributed by atoms with Crippen LogP contribution in [-0.2, 0) is 17.8 Å². The number of fused-ring (bicyclic) bond motifs is 1. The van der Waals surface area contributed by atoms with E-state index in [4.69, 9.17) is 4.98 Å². The van der Waals surface area contributed by atoms with E-state index in [2.05, 4.69) is 13.8 Å². The minimum Gasteiger partial charge on any atom is -0.342 e. The zero-order valence-electron chi connectivity index (χ0n) is 17.0. The number of rotatable bonds is 5. The highest BCUT2D eigenvalue weighted by atomic mass is 32.2. The number of benzene rings is 1. The number of amides is 1. The van der Waals surface area contributed by atoms with Gasteiger partial charge in [0.1, 0.15) is 0 Å². The van der Waals surface area contributed by atoms with Crippen molar-refractivity contribution in [2.75, 3.05) is 18.8 Å². The van der Waals surface area contributed by atoms with Crippen molar-refractivity contribution in [1.82, 2.24) is 14.5 Å². The molecule has 1 aromatic heterocycles. The van der Waals surface area contributed by atoms with Gasteiger partial charge >= 0.3 is 0 Å². The minimum atomic E-state index is 0.0231. The largest absolute Gasteiger partial charge is 0.342 e. The summed E-state index contributed by atoms with van der Waals surface area (Å²) in [5, 5.41) is 1.03. The summed E-state index contributed by atoms with van der Waals surface area (Å²) < 4.78 is 1.75. The fourth-order valence-corrected chi connectivity index (χ4v) is 5.86. The maximum absolute atomic E-state index is 13.2. The number of carbonyl (C=O) groups excluding carboxylic acids is 1. The predicted molar refractivity (Wildman–Crippen MR) is 119 cm³/mol. The smallest absolute Gasteiger partial charge is 0.268 e. The summed E-state index contributed by atoms with van der Waals surface area (Å²) in [4.78, 5) is 33.5. The Kier molecular flexibility index (Phi) is 6.35. The SMILES string of the molecule is CC1CCN(C(=O)CSc2nc3c(c(=O)n2Cc2ccccc2)S[C@@H](C)C3)CC1. The number of carbonyl (C=O) groups is 1. The van der Waals surface area contributed by atoms with Gasteiger partial charge in [-0.15, -0.1) is 11.8 Å². The van der Waals surface area contributed by atoms with Crippen LogP contribution < -0.4 is 5.56 Å². The number of hydrogen-bond acceptors (Lipinski definition) is 5. The van der Waals surface area contributed by atoms with Crippen LogP contribution in [0.15, 0.2) is 45.2 Å². The number of aromatic nitrogens is 2. The van der Waals surface area contributed by atoms with Crippen LogP contribution in [0.4, 0.5) is 0 Å². The van der Waals surface area contributed by atoms with Gasteiger partial charge in [-0.25, -0.2) is 4.98 Å². The van der Waals surface area contributed by atoms with Gasteiger partial charge in [-0.3, -0.25) is 14.2 Å². The summed E-state index contributed by atoms with van der Waals surface area (Å²) in [6.45, 7) is 6.52. The summed E-state index contributed by atoms with van der Waals surface area (Å²) in [6.07, 6.45) is 2.95. The zero-order chi connectivity index (χ0) is 20.4. The Morgan fingerprint density at radius 2 is 1.93 bits per heavy atom. The molecule has 0 bridgehead atoms. The maximum atomic E-state index is 13.2. The lowest BCUT2D eigenvalue weighted by molar-refractivity contribution is -0.129. The molecule has 0 N–H and O–H groups in total. The van der Waals surface area contributed by atoms with Crippen molar-refractivity contribution in [3.63, 3.8) is 0 Å². The highest BCUT2D eigenvalue weighted by Gasteiger charge is 2.27. The van der Waals surface area contributed by atoms with Gasteiger partial charge in [-0.1, -0.05) is 55.9 Å². The second kappa shape index (κ2) is 8.96. The summed E-state index contributed by atoms with van der Waals surface area (Å²) in [6, 6.07) is 9.96. The molecule has 0 aliphatic carbocycles. The molecule has 1 saturated heterocycles. The molecule has 1 aromatic carbocycles. The molecule has 29 heavy (non-hydrogen) atoms. The molecule has 2 aliphatic rings. The lowest BCUT2D eigenvalue weighted by Crippen LogP contribution is -2.39. The predicted octanol–water partition coefficient (Wildman–Crippen LogP) is 3.68. The van der Waals surface area contributed by atoms with Gasteiger partial charge in [0.15, 0.2) is 5.16 Å². The Labute approximate surface area is 180 Å². The van der Waals surface area contributed by atoms with Gasteiger partial charge in [0, 0.05) is 24.8 Å². The van der Waals surface area contributed by atoms with E-state index in [0.29, 0.717) is 28.6 Å². The third-order valence-corrected chi connectivity index (χ3v) is 7.78. The lowest BCUT2D eigenvalue weighted by atomic mass is 9.99. The van der Waals surface area contributed by atoms with Crippen molar-refractivity contribution in [3.05, 3.63) is 51.9 Å². The number of hydrogen-bond donors (Lipinski definition) is 0. The van der Waals surface area contributed by atoms with Crippen LogP contribution in [0.5, 0.6) is 0 Å². The molecule has 4 rings (SSSR count). The molecule has 1 atom stereocenters. The monoisotopic (exact) mass is 429 g/mol. The average molecular weight is 430 g/mol. The van der Waals surface area contributed by atoms with Gasteiger partial charge in [-0.2, -0.15) is 0 Å². The molecule has 5 nitrogen and oxygen atoms in total. The van der Waals surface area contributed by atoms with Gasteiger partial charge < -0.3 is 4.90 Å². The first-order valence-corrected chi connectivity index (χ1v) is 12.1. The molecule has 2 aliphatic heterocycles. The maximum Gasteiger partial charge on any atom is 0.268 e. The van der Waals surface area contributed by atoms with Crippen molar-refractivity contribution < 1.29 is 4.79 Å². The molecule has 0 radical (unpaired) electrons. The second-order valence-corrected chi connectivity index (χ2v) is 10.4.